The highest BCUT2D eigenvalue weighted by Crippen LogP contribution is 2.41. The maximum atomic E-state index is 16.4. The average Bonchev–Trinajstić information content (AvgIpc) is 3.42. The van der Waals surface area contributed by atoms with Gasteiger partial charge in [0.15, 0.2) is 5.82 Å². The maximum Gasteiger partial charge on any atom is 0.317 e. The van der Waals surface area contributed by atoms with Crippen molar-refractivity contribution in [1.82, 2.24) is 19.9 Å². The van der Waals surface area contributed by atoms with Crippen molar-refractivity contribution >= 4 is 21.7 Å². The summed E-state index contributed by atoms with van der Waals surface area (Å²) in [5.74, 6) is -1.32. The normalized spacial score (nSPS) is 21.2. The zero-order chi connectivity index (χ0) is 29.1. The number of ether oxygens (including phenoxy) is 1. The third kappa shape index (κ3) is 4.97. The van der Waals surface area contributed by atoms with Gasteiger partial charge in [0.2, 0.25) is 0 Å². The van der Waals surface area contributed by atoms with E-state index in [2.05, 4.69) is 19.9 Å². The van der Waals surface area contributed by atoms with Crippen LogP contribution in [0.25, 0.3) is 32.9 Å². The summed E-state index contributed by atoms with van der Waals surface area (Å²) in [7, 11) is 0. The van der Waals surface area contributed by atoms with Gasteiger partial charge in [0.25, 0.3) is 0 Å². The molecule has 2 fully saturated rings. The van der Waals surface area contributed by atoms with Crippen molar-refractivity contribution in [2.24, 2.45) is 0 Å². The first-order valence-electron chi connectivity index (χ1n) is 14.0. The fraction of sp³-hybridized carbons (Fsp3) is 0.452. The third-order valence-electron chi connectivity index (χ3n) is 8.34. The molecule has 0 spiro atoms. The Bertz CT molecular complexity index is 1660. The number of pyridine rings is 1. The van der Waals surface area contributed by atoms with Crippen LogP contribution in [-0.2, 0) is 12.8 Å². The zero-order valence-electron chi connectivity index (χ0n) is 23.3. The number of alkyl halides is 1. The minimum Gasteiger partial charge on any atom is -0.508 e. The smallest absolute Gasteiger partial charge is 0.317 e. The Labute approximate surface area is 236 Å². The molecule has 4 heterocycles. The minimum atomic E-state index is -1.17. The Balaban J connectivity index is 1.50. The second kappa shape index (κ2) is 10.1. The van der Waals surface area contributed by atoms with Crippen molar-refractivity contribution in [2.75, 3.05) is 19.7 Å². The molecule has 6 rings (SSSR count). The van der Waals surface area contributed by atoms with Crippen molar-refractivity contribution in [3.63, 3.8) is 0 Å². The topological polar surface area (TPSA) is 91.6 Å². The Hall–Kier alpha value is -3.50. The SMILES string of the molecule is CCc1c(F)ccc2cc(O)cc(-c3ncc4c(CC(C)(C)O)nc(OC[C@@]56CCCN5C[C@H](F)C6)nc4c3F)c12. The van der Waals surface area contributed by atoms with Crippen molar-refractivity contribution in [3.8, 4) is 23.0 Å². The summed E-state index contributed by atoms with van der Waals surface area (Å²) in [6.07, 6.45) is 3.03. The summed E-state index contributed by atoms with van der Waals surface area (Å²) in [6, 6.07) is 5.67. The van der Waals surface area contributed by atoms with Crippen LogP contribution in [0.3, 0.4) is 0 Å². The van der Waals surface area contributed by atoms with Crippen molar-refractivity contribution in [2.45, 2.75) is 70.2 Å². The van der Waals surface area contributed by atoms with Crippen molar-refractivity contribution in [3.05, 3.63) is 53.4 Å². The van der Waals surface area contributed by atoms with E-state index in [1.807, 2.05) is 0 Å². The number of rotatable bonds is 7. The van der Waals surface area contributed by atoms with Gasteiger partial charge in [-0.1, -0.05) is 13.0 Å². The van der Waals surface area contributed by atoms with Crippen LogP contribution < -0.4 is 4.74 Å². The summed E-state index contributed by atoms with van der Waals surface area (Å²) >= 11 is 0. The molecule has 0 radical (unpaired) electrons. The van der Waals surface area contributed by atoms with Gasteiger partial charge >= 0.3 is 6.01 Å². The van der Waals surface area contributed by atoms with E-state index in [4.69, 9.17) is 4.74 Å². The number of benzene rings is 2. The van der Waals surface area contributed by atoms with Gasteiger partial charge in [-0.25, -0.2) is 13.2 Å². The highest BCUT2D eigenvalue weighted by Gasteiger charge is 2.49. The monoisotopic (exact) mass is 566 g/mol. The van der Waals surface area contributed by atoms with Gasteiger partial charge in [0, 0.05) is 36.5 Å². The lowest BCUT2D eigenvalue weighted by molar-refractivity contribution is 0.0795. The molecule has 2 atom stereocenters. The van der Waals surface area contributed by atoms with Gasteiger partial charge in [-0.2, -0.15) is 9.97 Å². The van der Waals surface area contributed by atoms with Crippen LogP contribution in [-0.4, -0.2) is 67.1 Å². The molecule has 2 aromatic heterocycles. The van der Waals surface area contributed by atoms with Gasteiger partial charge in [0.05, 0.1) is 16.8 Å². The van der Waals surface area contributed by atoms with Crippen LogP contribution in [0.2, 0.25) is 0 Å². The highest BCUT2D eigenvalue weighted by molar-refractivity contribution is 6.01. The van der Waals surface area contributed by atoms with Crippen LogP contribution in [0.1, 0.15) is 51.3 Å². The van der Waals surface area contributed by atoms with E-state index in [0.29, 0.717) is 46.8 Å². The number of hydrogen-bond donors (Lipinski definition) is 2. The molecule has 2 aliphatic heterocycles. The number of aliphatic hydroxyl groups is 1. The molecule has 0 aliphatic carbocycles. The Morgan fingerprint density at radius 3 is 2.76 bits per heavy atom. The number of nitrogens with zero attached hydrogens (tertiary/aromatic N) is 4. The van der Waals surface area contributed by atoms with E-state index in [1.54, 1.807) is 20.8 Å². The molecule has 2 aliphatic rings. The number of aryl methyl sites for hydroxylation is 1. The minimum absolute atomic E-state index is 0.0687. The molecule has 2 saturated heterocycles. The predicted molar refractivity (Wildman–Crippen MR) is 150 cm³/mol. The lowest BCUT2D eigenvalue weighted by atomic mass is 9.94. The zero-order valence-corrected chi connectivity index (χ0v) is 23.3. The number of fused-ring (bicyclic) bond motifs is 3. The van der Waals surface area contributed by atoms with Crippen LogP contribution in [0, 0.1) is 11.6 Å². The molecule has 0 unspecified atom stereocenters. The Morgan fingerprint density at radius 2 is 2.00 bits per heavy atom. The number of aromatic nitrogens is 3. The van der Waals surface area contributed by atoms with Crippen LogP contribution in [0.4, 0.5) is 13.2 Å². The maximum absolute atomic E-state index is 16.4. The number of hydrogen-bond acceptors (Lipinski definition) is 7. The van der Waals surface area contributed by atoms with E-state index in [9.17, 15) is 19.0 Å². The molecule has 7 nitrogen and oxygen atoms in total. The van der Waals surface area contributed by atoms with Crippen LogP contribution >= 0.6 is 0 Å². The highest BCUT2D eigenvalue weighted by atomic mass is 19.1. The summed E-state index contributed by atoms with van der Waals surface area (Å²) in [5, 5.41) is 22.3. The molecular formula is C31H33F3N4O3. The Morgan fingerprint density at radius 1 is 1.20 bits per heavy atom. The molecular weight excluding hydrogens is 533 g/mol. The van der Waals surface area contributed by atoms with Gasteiger partial charge in [-0.3, -0.25) is 9.88 Å². The summed E-state index contributed by atoms with van der Waals surface area (Å²) < 4.78 is 51.6. The van der Waals surface area contributed by atoms with Crippen LogP contribution in [0.5, 0.6) is 11.8 Å². The van der Waals surface area contributed by atoms with Gasteiger partial charge in [0.1, 0.15) is 35.6 Å². The van der Waals surface area contributed by atoms with E-state index in [-0.39, 0.29) is 41.6 Å². The molecule has 41 heavy (non-hydrogen) atoms. The second-order valence-corrected chi connectivity index (χ2v) is 12.0. The van der Waals surface area contributed by atoms with Gasteiger partial charge in [-0.15, -0.1) is 0 Å². The summed E-state index contributed by atoms with van der Waals surface area (Å²) in [4.78, 5) is 15.4. The van der Waals surface area contributed by atoms with Crippen molar-refractivity contribution < 1.29 is 28.1 Å². The molecule has 216 valence electrons. The quantitative estimate of drug-likeness (QED) is 0.298. The number of phenols is 1. The molecule has 4 aromatic rings. The van der Waals surface area contributed by atoms with E-state index in [1.165, 1.54) is 30.5 Å². The van der Waals surface area contributed by atoms with Gasteiger partial charge in [-0.05, 0) is 74.2 Å². The number of halogens is 3. The molecule has 0 amide bonds. The van der Waals surface area contributed by atoms with E-state index >= 15 is 4.39 Å². The van der Waals surface area contributed by atoms with E-state index in [0.717, 1.165) is 19.4 Å². The molecule has 2 N–H and O–H groups in total. The van der Waals surface area contributed by atoms with Crippen LogP contribution in [0.15, 0.2) is 30.5 Å². The molecule has 0 bridgehead atoms. The lowest BCUT2D eigenvalue weighted by Crippen LogP contribution is -2.43. The molecule has 0 saturated carbocycles. The second-order valence-electron chi connectivity index (χ2n) is 12.0. The molecule has 10 heteroatoms. The summed E-state index contributed by atoms with van der Waals surface area (Å²) in [6.45, 7) is 6.38. The first-order chi connectivity index (χ1) is 19.5. The van der Waals surface area contributed by atoms with Gasteiger partial charge < -0.3 is 14.9 Å². The lowest BCUT2D eigenvalue weighted by Gasteiger charge is -2.30. The third-order valence-corrected chi connectivity index (χ3v) is 8.34. The van der Waals surface area contributed by atoms with E-state index < -0.39 is 28.9 Å². The first kappa shape index (κ1) is 27.7. The fourth-order valence-corrected chi connectivity index (χ4v) is 6.57. The Kier molecular flexibility index (Phi) is 6.81. The standard InChI is InChI=1S/C31H33F3N4O3/c1-4-20-23(33)7-6-17-10-19(39)11-21(25(17)20)27-26(34)28-22(14-35-27)24(13-30(2,3)40)36-29(37-28)41-16-31-8-5-9-38(31)15-18(32)12-31/h6-7,10-11,14,18,39-40H,4-5,8-9,12-13,15-16H2,1-3H3/t18-,31+/m1/s1. The first-order valence-corrected chi connectivity index (χ1v) is 14.0. The fourth-order valence-electron chi connectivity index (χ4n) is 6.57. The predicted octanol–water partition coefficient (Wildman–Crippen LogP) is 5.66. The molecule has 2 aromatic carbocycles. The number of phenolic OH excluding ortho intramolecular Hbond substituents is 1. The summed E-state index contributed by atoms with van der Waals surface area (Å²) in [5.41, 5.74) is -0.812. The van der Waals surface area contributed by atoms with Crippen molar-refractivity contribution in [1.29, 1.82) is 0 Å². The average molecular weight is 567 g/mol. The number of aromatic hydroxyl groups is 1. The largest absolute Gasteiger partial charge is 0.508 e.